The zero-order valence-electron chi connectivity index (χ0n) is 12.6. The standard InChI is InChI=1S/C20H16O2/c1-12-14-8-4-3-7-13(14)11-17-15-9-5-6-10-16(15)19(21)20(22-2)18(12)17/h3-11,21H,1-2H3. The smallest absolute Gasteiger partial charge is 0.169 e. The second-order valence-corrected chi connectivity index (χ2v) is 5.57. The van der Waals surface area contributed by atoms with Gasteiger partial charge in [-0.05, 0) is 40.1 Å². The number of phenols is 1. The Kier molecular flexibility index (Phi) is 2.73. The first-order valence-electron chi connectivity index (χ1n) is 7.32. The van der Waals surface area contributed by atoms with Crippen LogP contribution in [0.3, 0.4) is 0 Å². The molecule has 0 aromatic heterocycles. The van der Waals surface area contributed by atoms with Crippen molar-refractivity contribution >= 4 is 32.3 Å². The third-order valence-electron chi connectivity index (χ3n) is 4.43. The molecule has 1 N–H and O–H groups in total. The lowest BCUT2D eigenvalue weighted by Crippen LogP contribution is -1.92. The van der Waals surface area contributed by atoms with Crippen LogP contribution in [0.4, 0.5) is 0 Å². The summed E-state index contributed by atoms with van der Waals surface area (Å²) in [4.78, 5) is 0. The van der Waals surface area contributed by atoms with Crippen LogP contribution >= 0.6 is 0 Å². The molecule has 0 aliphatic carbocycles. The molecule has 0 bridgehead atoms. The van der Waals surface area contributed by atoms with E-state index in [1.54, 1.807) is 7.11 Å². The zero-order valence-corrected chi connectivity index (χ0v) is 12.6. The zero-order chi connectivity index (χ0) is 15.3. The van der Waals surface area contributed by atoms with Gasteiger partial charge in [0.25, 0.3) is 0 Å². The topological polar surface area (TPSA) is 29.5 Å². The van der Waals surface area contributed by atoms with Crippen molar-refractivity contribution in [1.82, 2.24) is 0 Å². The van der Waals surface area contributed by atoms with Gasteiger partial charge in [-0.2, -0.15) is 0 Å². The first-order valence-corrected chi connectivity index (χ1v) is 7.32. The molecule has 108 valence electrons. The first kappa shape index (κ1) is 13.0. The number of hydrogen-bond acceptors (Lipinski definition) is 2. The predicted octanol–water partition coefficient (Wildman–Crippen LogP) is 5.17. The fourth-order valence-electron chi connectivity index (χ4n) is 3.40. The fraction of sp³-hybridized carbons (Fsp3) is 0.100. The van der Waals surface area contributed by atoms with Crippen molar-refractivity contribution in [3.63, 3.8) is 0 Å². The molecule has 0 heterocycles. The van der Waals surface area contributed by atoms with Crippen LogP contribution < -0.4 is 4.74 Å². The maximum atomic E-state index is 10.6. The lowest BCUT2D eigenvalue weighted by molar-refractivity contribution is 0.381. The Morgan fingerprint density at radius 1 is 0.818 bits per heavy atom. The van der Waals surface area contributed by atoms with Gasteiger partial charge in [0, 0.05) is 10.8 Å². The molecule has 0 fully saturated rings. The average molecular weight is 288 g/mol. The van der Waals surface area contributed by atoms with Gasteiger partial charge in [-0.15, -0.1) is 0 Å². The van der Waals surface area contributed by atoms with E-state index in [0.29, 0.717) is 5.75 Å². The van der Waals surface area contributed by atoms with Crippen molar-refractivity contribution in [2.24, 2.45) is 0 Å². The highest BCUT2D eigenvalue weighted by molar-refractivity contribution is 6.18. The Balaban J connectivity index is 2.38. The first-order chi connectivity index (χ1) is 10.7. The quantitative estimate of drug-likeness (QED) is 0.387. The molecule has 4 aromatic rings. The van der Waals surface area contributed by atoms with E-state index in [-0.39, 0.29) is 5.75 Å². The maximum Gasteiger partial charge on any atom is 0.169 e. The summed E-state index contributed by atoms with van der Waals surface area (Å²) in [7, 11) is 1.61. The summed E-state index contributed by atoms with van der Waals surface area (Å²) < 4.78 is 5.55. The number of benzene rings is 4. The summed E-state index contributed by atoms with van der Waals surface area (Å²) in [5.41, 5.74) is 1.13. The molecule has 0 saturated carbocycles. The van der Waals surface area contributed by atoms with Gasteiger partial charge < -0.3 is 9.84 Å². The number of fused-ring (bicyclic) bond motifs is 4. The van der Waals surface area contributed by atoms with E-state index in [1.165, 1.54) is 10.8 Å². The minimum atomic E-state index is 0.212. The molecule has 4 rings (SSSR count). The lowest BCUT2D eigenvalue weighted by atomic mass is 9.93. The summed E-state index contributed by atoms with van der Waals surface area (Å²) in [6, 6.07) is 18.4. The van der Waals surface area contributed by atoms with Crippen LogP contribution in [0, 0.1) is 6.92 Å². The fourth-order valence-corrected chi connectivity index (χ4v) is 3.40. The van der Waals surface area contributed by atoms with Gasteiger partial charge in [-0.25, -0.2) is 0 Å². The normalized spacial score (nSPS) is 11.4. The molecule has 2 heteroatoms. The Morgan fingerprint density at radius 2 is 1.45 bits per heavy atom. The number of methoxy groups -OCH3 is 1. The molecule has 0 aliphatic rings. The van der Waals surface area contributed by atoms with E-state index in [9.17, 15) is 5.11 Å². The highest BCUT2D eigenvalue weighted by atomic mass is 16.5. The molecular formula is C20H16O2. The highest BCUT2D eigenvalue weighted by Gasteiger charge is 2.17. The maximum absolute atomic E-state index is 10.6. The molecule has 0 unspecified atom stereocenters. The van der Waals surface area contributed by atoms with Crippen LogP contribution in [0.5, 0.6) is 11.5 Å². The van der Waals surface area contributed by atoms with E-state index in [1.807, 2.05) is 36.4 Å². The number of aromatic hydroxyl groups is 1. The van der Waals surface area contributed by atoms with Gasteiger partial charge in [-0.1, -0.05) is 48.5 Å². The molecule has 0 aliphatic heterocycles. The van der Waals surface area contributed by atoms with Crippen LogP contribution in [-0.2, 0) is 0 Å². The molecular weight excluding hydrogens is 272 g/mol. The van der Waals surface area contributed by atoms with Gasteiger partial charge in [0.1, 0.15) is 0 Å². The van der Waals surface area contributed by atoms with E-state index in [0.717, 1.165) is 27.1 Å². The Hall–Kier alpha value is -2.74. The van der Waals surface area contributed by atoms with Gasteiger partial charge >= 0.3 is 0 Å². The average Bonchev–Trinajstić information content (AvgIpc) is 2.56. The molecule has 0 spiro atoms. The minimum absolute atomic E-state index is 0.212. The summed E-state index contributed by atoms with van der Waals surface area (Å²) in [5, 5.41) is 17.0. The summed E-state index contributed by atoms with van der Waals surface area (Å²) in [6.07, 6.45) is 0. The van der Waals surface area contributed by atoms with Crippen LogP contribution in [0.25, 0.3) is 32.3 Å². The number of ether oxygens (including phenoxy) is 1. The Bertz CT molecular complexity index is 1030. The third-order valence-corrected chi connectivity index (χ3v) is 4.43. The van der Waals surface area contributed by atoms with Crippen LogP contribution in [0.1, 0.15) is 5.56 Å². The van der Waals surface area contributed by atoms with Crippen molar-refractivity contribution in [2.45, 2.75) is 6.92 Å². The molecule has 0 saturated heterocycles. The number of aryl methyl sites for hydroxylation is 1. The van der Waals surface area contributed by atoms with Crippen molar-refractivity contribution in [1.29, 1.82) is 0 Å². The van der Waals surface area contributed by atoms with Gasteiger partial charge in [0.15, 0.2) is 11.5 Å². The van der Waals surface area contributed by atoms with Crippen molar-refractivity contribution < 1.29 is 9.84 Å². The SMILES string of the molecule is COc1c(O)c2ccccc2c2cc3ccccc3c(C)c12. The summed E-state index contributed by atoms with van der Waals surface area (Å²) >= 11 is 0. The predicted molar refractivity (Wildman–Crippen MR) is 91.9 cm³/mol. The second kappa shape index (κ2) is 4.63. The molecule has 0 amide bonds. The van der Waals surface area contributed by atoms with E-state index >= 15 is 0 Å². The van der Waals surface area contributed by atoms with Crippen LogP contribution in [0.2, 0.25) is 0 Å². The lowest BCUT2D eigenvalue weighted by Gasteiger charge is -2.16. The highest BCUT2D eigenvalue weighted by Crippen LogP contribution is 2.45. The second-order valence-electron chi connectivity index (χ2n) is 5.57. The van der Waals surface area contributed by atoms with E-state index < -0.39 is 0 Å². The van der Waals surface area contributed by atoms with Gasteiger partial charge in [0.2, 0.25) is 0 Å². The molecule has 22 heavy (non-hydrogen) atoms. The van der Waals surface area contributed by atoms with Crippen molar-refractivity contribution in [2.75, 3.05) is 7.11 Å². The largest absolute Gasteiger partial charge is 0.504 e. The van der Waals surface area contributed by atoms with Crippen LogP contribution in [-0.4, -0.2) is 12.2 Å². The Morgan fingerprint density at radius 3 is 2.18 bits per heavy atom. The molecule has 0 atom stereocenters. The summed E-state index contributed by atoms with van der Waals surface area (Å²) in [5.74, 6) is 0.765. The number of hydrogen-bond donors (Lipinski definition) is 1. The third kappa shape index (κ3) is 1.61. The number of phenolic OH excluding ortho intramolecular Hbond substituents is 1. The van der Waals surface area contributed by atoms with Gasteiger partial charge in [-0.3, -0.25) is 0 Å². The van der Waals surface area contributed by atoms with E-state index in [4.69, 9.17) is 4.74 Å². The van der Waals surface area contributed by atoms with E-state index in [2.05, 4.69) is 25.1 Å². The van der Waals surface area contributed by atoms with Crippen molar-refractivity contribution in [3.05, 3.63) is 60.2 Å². The molecule has 4 aromatic carbocycles. The minimum Gasteiger partial charge on any atom is -0.504 e. The molecule has 0 radical (unpaired) electrons. The van der Waals surface area contributed by atoms with Crippen molar-refractivity contribution in [3.8, 4) is 11.5 Å². The number of rotatable bonds is 1. The Labute approximate surface area is 128 Å². The van der Waals surface area contributed by atoms with Crippen LogP contribution in [0.15, 0.2) is 54.6 Å². The van der Waals surface area contributed by atoms with Gasteiger partial charge in [0.05, 0.1) is 7.11 Å². The summed E-state index contributed by atoms with van der Waals surface area (Å²) in [6.45, 7) is 2.08. The monoisotopic (exact) mass is 288 g/mol. The molecule has 2 nitrogen and oxygen atoms in total.